The molecule has 0 spiro atoms. The van der Waals surface area contributed by atoms with E-state index in [-0.39, 0.29) is 11.3 Å². The van der Waals surface area contributed by atoms with E-state index in [2.05, 4.69) is 15.4 Å². The van der Waals surface area contributed by atoms with Crippen molar-refractivity contribution in [3.05, 3.63) is 40.5 Å². The first-order valence-electron chi connectivity index (χ1n) is 5.98. The summed E-state index contributed by atoms with van der Waals surface area (Å²) in [6.07, 6.45) is 0. The molecule has 3 rings (SSSR count). The maximum absolute atomic E-state index is 13.7. The highest BCUT2D eigenvalue weighted by Gasteiger charge is 2.23. The first kappa shape index (κ1) is 13.9. The van der Waals surface area contributed by atoms with Gasteiger partial charge in [-0.25, -0.2) is 4.79 Å². The maximum Gasteiger partial charge on any atom is 0.346 e. The molecule has 1 aromatic carbocycles. The van der Waals surface area contributed by atoms with E-state index in [1.807, 2.05) is 0 Å². The zero-order chi connectivity index (χ0) is 15.9. The van der Waals surface area contributed by atoms with E-state index in [9.17, 15) is 13.6 Å². The molecule has 0 bridgehead atoms. The Hall–Kier alpha value is -3.10. The smallest absolute Gasteiger partial charge is 0.346 e. The highest BCUT2D eigenvalue weighted by Crippen LogP contribution is 2.32. The number of nitrogen functional groups attached to an aromatic ring is 1. The average molecular weight is 306 g/mol. The second kappa shape index (κ2) is 5.02. The number of aromatic nitrogens is 3. The summed E-state index contributed by atoms with van der Waals surface area (Å²) >= 11 is 0. The standard InChI is InChI=1S/C13H8F2N4O3/c1-21-5-2-3-6-7(4-5)22-13(20)8(10(6)16)9-11(14)17-19-18-12(9)15/h2-4H,16H2,1H3. The molecule has 0 atom stereocenters. The lowest BCUT2D eigenvalue weighted by Crippen LogP contribution is -2.12. The molecule has 22 heavy (non-hydrogen) atoms. The minimum atomic E-state index is -1.31. The molecule has 0 fully saturated rings. The largest absolute Gasteiger partial charge is 0.497 e. The van der Waals surface area contributed by atoms with Crippen LogP contribution in [0, 0.1) is 11.9 Å². The van der Waals surface area contributed by atoms with Crippen LogP contribution in [0.5, 0.6) is 5.75 Å². The fourth-order valence-electron chi connectivity index (χ4n) is 2.06. The van der Waals surface area contributed by atoms with E-state index in [4.69, 9.17) is 14.9 Å². The number of ether oxygens (including phenoxy) is 1. The van der Waals surface area contributed by atoms with Crippen LogP contribution in [-0.2, 0) is 0 Å². The van der Waals surface area contributed by atoms with Crippen molar-refractivity contribution in [3.63, 3.8) is 0 Å². The van der Waals surface area contributed by atoms with Gasteiger partial charge in [0.25, 0.3) is 0 Å². The molecule has 0 aliphatic carbocycles. The second-order valence-electron chi connectivity index (χ2n) is 4.29. The molecule has 0 saturated heterocycles. The van der Waals surface area contributed by atoms with Gasteiger partial charge in [0, 0.05) is 11.5 Å². The lowest BCUT2D eigenvalue weighted by Gasteiger charge is -2.08. The summed E-state index contributed by atoms with van der Waals surface area (Å²) in [5.74, 6) is -2.17. The lowest BCUT2D eigenvalue weighted by atomic mass is 10.1. The van der Waals surface area contributed by atoms with Gasteiger partial charge in [0.1, 0.15) is 22.5 Å². The average Bonchev–Trinajstić information content (AvgIpc) is 2.49. The van der Waals surface area contributed by atoms with Gasteiger partial charge in [0.15, 0.2) is 0 Å². The fourth-order valence-corrected chi connectivity index (χ4v) is 2.06. The van der Waals surface area contributed by atoms with Crippen molar-refractivity contribution in [3.8, 4) is 16.9 Å². The maximum atomic E-state index is 13.7. The number of halogens is 2. The molecule has 3 aromatic rings. The quantitative estimate of drug-likeness (QED) is 0.715. The summed E-state index contributed by atoms with van der Waals surface area (Å²) in [5.41, 5.74) is 3.55. The molecule has 2 heterocycles. The Kier molecular flexibility index (Phi) is 3.17. The molecule has 9 heteroatoms. The molecule has 2 aromatic heterocycles. The van der Waals surface area contributed by atoms with Crippen LogP contribution in [0.2, 0.25) is 0 Å². The first-order valence-corrected chi connectivity index (χ1v) is 5.98. The number of fused-ring (bicyclic) bond motifs is 1. The number of hydrogen-bond donors (Lipinski definition) is 1. The van der Waals surface area contributed by atoms with Crippen LogP contribution in [0.3, 0.4) is 0 Å². The molecule has 0 aliphatic rings. The fraction of sp³-hybridized carbons (Fsp3) is 0.0769. The van der Waals surface area contributed by atoms with Crippen molar-refractivity contribution in [2.24, 2.45) is 0 Å². The third-order valence-corrected chi connectivity index (χ3v) is 3.08. The predicted molar refractivity (Wildman–Crippen MR) is 72.2 cm³/mol. The van der Waals surface area contributed by atoms with Crippen LogP contribution in [0.4, 0.5) is 14.5 Å². The van der Waals surface area contributed by atoms with Crippen LogP contribution in [0.15, 0.2) is 27.4 Å². The van der Waals surface area contributed by atoms with E-state index >= 15 is 0 Å². The van der Waals surface area contributed by atoms with Crippen molar-refractivity contribution in [2.75, 3.05) is 12.8 Å². The van der Waals surface area contributed by atoms with Crippen LogP contribution >= 0.6 is 0 Å². The van der Waals surface area contributed by atoms with Gasteiger partial charge in [-0.05, 0) is 17.3 Å². The molecular formula is C13H8F2N4O3. The van der Waals surface area contributed by atoms with Crippen LogP contribution in [0.25, 0.3) is 22.1 Å². The van der Waals surface area contributed by atoms with Crippen molar-refractivity contribution in [2.45, 2.75) is 0 Å². The monoisotopic (exact) mass is 306 g/mol. The van der Waals surface area contributed by atoms with E-state index < -0.39 is 28.6 Å². The second-order valence-corrected chi connectivity index (χ2v) is 4.29. The summed E-state index contributed by atoms with van der Waals surface area (Å²) in [6.45, 7) is 0. The predicted octanol–water partition coefficient (Wildman–Crippen LogP) is 1.51. The van der Waals surface area contributed by atoms with E-state index in [0.717, 1.165) is 0 Å². The number of anilines is 1. The van der Waals surface area contributed by atoms with Gasteiger partial charge >= 0.3 is 5.63 Å². The van der Waals surface area contributed by atoms with Gasteiger partial charge in [-0.1, -0.05) is 10.2 Å². The summed E-state index contributed by atoms with van der Waals surface area (Å²) < 4.78 is 37.5. The Labute approximate surface area is 121 Å². The van der Waals surface area contributed by atoms with Gasteiger partial charge in [0.2, 0.25) is 11.9 Å². The van der Waals surface area contributed by atoms with Gasteiger partial charge < -0.3 is 14.9 Å². The first-order chi connectivity index (χ1) is 10.5. The Morgan fingerprint density at radius 3 is 2.50 bits per heavy atom. The number of nitrogens with two attached hydrogens (primary N) is 1. The number of methoxy groups -OCH3 is 1. The summed E-state index contributed by atoms with van der Waals surface area (Å²) in [6, 6.07) is 4.51. The molecule has 0 unspecified atom stereocenters. The van der Waals surface area contributed by atoms with Crippen LogP contribution in [-0.4, -0.2) is 22.5 Å². The highest BCUT2D eigenvalue weighted by molar-refractivity contribution is 5.97. The number of rotatable bonds is 2. The van der Waals surface area contributed by atoms with Gasteiger partial charge in [0.05, 0.1) is 12.8 Å². The minimum Gasteiger partial charge on any atom is -0.497 e. The van der Waals surface area contributed by atoms with Crippen molar-refractivity contribution in [1.82, 2.24) is 15.4 Å². The summed E-state index contributed by atoms with van der Waals surface area (Å²) in [5, 5.41) is 9.14. The molecule has 0 radical (unpaired) electrons. The Balaban J connectivity index is 2.39. The third kappa shape index (κ3) is 2.03. The summed E-state index contributed by atoms with van der Waals surface area (Å²) in [7, 11) is 1.44. The number of benzene rings is 1. The van der Waals surface area contributed by atoms with Crippen molar-refractivity contribution >= 4 is 16.7 Å². The molecule has 0 saturated carbocycles. The molecule has 0 amide bonds. The molecular weight excluding hydrogens is 298 g/mol. The SMILES string of the molecule is COc1ccc2c(N)c(-c3c(F)nnnc3F)c(=O)oc2c1. The van der Waals surface area contributed by atoms with E-state index in [1.54, 1.807) is 6.07 Å². The topological polar surface area (TPSA) is 104 Å². The van der Waals surface area contributed by atoms with Gasteiger partial charge in [-0.3, -0.25) is 0 Å². The van der Waals surface area contributed by atoms with Gasteiger partial charge in [-0.2, -0.15) is 8.78 Å². The molecule has 112 valence electrons. The minimum absolute atomic E-state index is 0.126. The zero-order valence-corrected chi connectivity index (χ0v) is 11.1. The van der Waals surface area contributed by atoms with E-state index in [1.165, 1.54) is 19.2 Å². The number of hydrogen-bond acceptors (Lipinski definition) is 7. The van der Waals surface area contributed by atoms with Crippen molar-refractivity contribution in [1.29, 1.82) is 0 Å². The molecule has 7 nitrogen and oxygen atoms in total. The highest BCUT2D eigenvalue weighted by atomic mass is 19.1. The van der Waals surface area contributed by atoms with Gasteiger partial charge in [-0.15, -0.1) is 0 Å². The van der Waals surface area contributed by atoms with Crippen molar-refractivity contribution < 1.29 is 17.9 Å². The number of nitrogens with zero attached hydrogens (tertiary/aromatic N) is 3. The molecule has 0 aliphatic heterocycles. The Bertz CT molecular complexity index is 922. The zero-order valence-electron chi connectivity index (χ0n) is 11.1. The normalized spacial score (nSPS) is 10.9. The molecule has 2 N–H and O–H groups in total. The van der Waals surface area contributed by atoms with Crippen LogP contribution in [0.1, 0.15) is 0 Å². The van der Waals surface area contributed by atoms with E-state index in [0.29, 0.717) is 11.1 Å². The Morgan fingerprint density at radius 1 is 1.18 bits per heavy atom. The van der Waals surface area contributed by atoms with Crippen LogP contribution < -0.4 is 16.1 Å². The Morgan fingerprint density at radius 2 is 1.86 bits per heavy atom. The third-order valence-electron chi connectivity index (χ3n) is 3.08. The summed E-state index contributed by atoms with van der Waals surface area (Å²) in [4.78, 5) is 12.1. The lowest BCUT2D eigenvalue weighted by molar-refractivity contribution is 0.414.